The van der Waals surface area contributed by atoms with E-state index in [1.54, 1.807) is 6.08 Å². The third-order valence-corrected chi connectivity index (χ3v) is 1.61. The number of allylic oxidation sites excluding steroid dienone is 1. The van der Waals surface area contributed by atoms with E-state index in [9.17, 15) is 0 Å². The number of benzene rings is 1. The highest BCUT2D eigenvalue weighted by molar-refractivity contribution is 5.85. The molecule has 0 spiro atoms. The van der Waals surface area contributed by atoms with Gasteiger partial charge in [-0.3, -0.25) is 0 Å². The molecule has 0 aliphatic carbocycles. The number of rotatable bonds is 0. The van der Waals surface area contributed by atoms with E-state index in [0.717, 1.165) is 11.3 Å². The second-order valence-corrected chi connectivity index (χ2v) is 2.41. The summed E-state index contributed by atoms with van der Waals surface area (Å²) >= 11 is 0. The van der Waals surface area contributed by atoms with Crippen LogP contribution in [0.15, 0.2) is 30.0 Å². The lowest BCUT2D eigenvalue weighted by Crippen LogP contribution is -2.20. The van der Waals surface area contributed by atoms with Crippen molar-refractivity contribution in [3.8, 4) is 11.8 Å². The maximum absolute atomic E-state index is 8.56. The fourth-order valence-corrected chi connectivity index (χ4v) is 1.04. The number of fused-ring (bicyclic) bond motifs is 1. The van der Waals surface area contributed by atoms with Gasteiger partial charge in [-0.2, -0.15) is 5.26 Å². The van der Waals surface area contributed by atoms with E-state index in [2.05, 4.69) is 5.48 Å². The Kier molecular flexibility index (Phi) is 4.85. The number of nitrogens with one attached hydrogen (secondary N) is 1. The van der Waals surface area contributed by atoms with Gasteiger partial charge < -0.3 is 4.84 Å². The number of nitrogens with zero attached hydrogens (tertiary/aromatic N) is 1. The van der Waals surface area contributed by atoms with Crippen molar-refractivity contribution in [2.75, 3.05) is 0 Å². The molecule has 3 nitrogen and oxygen atoms in total. The van der Waals surface area contributed by atoms with Crippen LogP contribution in [0, 0.1) is 11.3 Å². The zero-order valence-electron chi connectivity index (χ0n) is 7.06. The summed E-state index contributed by atoms with van der Waals surface area (Å²) in [6.45, 7) is 0. The van der Waals surface area contributed by atoms with Crippen LogP contribution in [0.25, 0.3) is 6.08 Å². The van der Waals surface area contributed by atoms with Gasteiger partial charge in [0, 0.05) is 5.56 Å². The van der Waals surface area contributed by atoms with Gasteiger partial charge in [-0.05, 0) is 12.1 Å². The first-order valence-corrected chi connectivity index (χ1v) is 3.54. The van der Waals surface area contributed by atoms with Crippen molar-refractivity contribution in [3.63, 3.8) is 0 Å². The molecule has 74 valence electrons. The molecule has 14 heavy (non-hydrogen) atoms. The normalized spacial score (nSPS) is 11.2. The molecule has 0 atom stereocenters. The minimum atomic E-state index is 0. The predicted octanol–water partition coefficient (Wildman–Crippen LogP) is 2.29. The van der Waals surface area contributed by atoms with E-state index < -0.39 is 0 Å². The molecule has 1 heterocycles. The van der Waals surface area contributed by atoms with Gasteiger partial charge in [0.2, 0.25) is 0 Å². The van der Waals surface area contributed by atoms with Gasteiger partial charge in [-0.15, -0.1) is 24.8 Å². The quantitative estimate of drug-likeness (QED) is 0.744. The Morgan fingerprint density at radius 2 is 1.93 bits per heavy atom. The van der Waals surface area contributed by atoms with Gasteiger partial charge in [0.15, 0.2) is 5.75 Å². The topological polar surface area (TPSA) is 45.0 Å². The third kappa shape index (κ3) is 2.32. The van der Waals surface area contributed by atoms with Crippen LogP contribution in [0.3, 0.4) is 0 Å². The molecule has 5 heteroatoms. The molecule has 0 radical (unpaired) electrons. The zero-order chi connectivity index (χ0) is 8.39. The van der Waals surface area contributed by atoms with Gasteiger partial charge in [0.25, 0.3) is 0 Å². The lowest BCUT2D eigenvalue weighted by atomic mass is 10.1. The van der Waals surface area contributed by atoms with Gasteiger partial charge in [0.1, 0.15) is 11.8 Å². The zero-order valence-corrected chi connectivity index (χ0v) is 8.69. The van der Waals surface area contributed by atoms with E-state index >= 15 is 0 Å². The second-order valence-electron chi connectivity index (χ2n) is 2.41. The van der Waals surface area contributed by atoms with Gasteiger partial charge >= 0.3 is 0 Å². The van der Waals surface area contributed by atoms with Crippen molar-refractivity contribution in [2.24, 2.45) is 0 Å². The number of halogens is 2. The van der Waals surface area contributed by atoms with Gasteiger partial charge in [-0.25, -0.2) is 5.48 Å². The van der Waals surface area contributed by atoms with Gasteiger partial charge in [-0.1, -0.05) is 18.2 Å². The Hall–Kier alpha value is -1.37. The molecule has 0 amide bonds. The van der Waals surface area contributed by atoms with Crippen molar-refractivity contribution in [3.05, 3.63) is 35.5 Å². The fraction of sp³-hybridized carbons (Fsp3) is 0. The summed E-state index contributed by atoms with van der Waals surface area (Å²) in [5, 5.41) is 8.56. The van der Waals surface area contributed by atoms with Crippen molar-refractivity contribution in [2.45, 2.75) is 0 Å². The molecule has 0 unspecified atom stereocenters. The molecule has 1 aromatic rings. The molecule has 1 N–H and O–H groups in total. The summed E-state index contributed by atoms with van der Waals surface area (Å²) in [4.78, 5) is 5.09. The fourth-order valence-electron chi connectivity index (χ4n) is 1.04. The lowest BCUT2D eigenvalue weighted by Gasteiger charge is -2.14. The van der Waals surface area contributed by atoms with Crippen LogP contribution in [0.1, 0.15) is 5.56 Å². The first-order valence-electron chi connectivity index (χ1n) is 3.54. The van der Waals surface area contributed by atoms with Crippen molar-refractivity contribution in [1.82, 2.24) is 5.48 Å². The Morgan fingerprint density at radius 3 is 2.64 bits per heavy atom. The smallest absolute Gasteiger partial charge is 0.162 e. The first-order chi connectivity index (χ1) is 5.90. The minimum absolute atomic E-state index is 0. The molecule has 1 aliphatic rings. The van der Waals surface area contributed by atoms with E-state index in [1.807, 2.05) is 30.3 Å². The molecule has 2 rings (SSSR count). The van der Waals surface area contributed by atoms with Crippen LogP contribution in [0.4, 0.5) is 0 Å². The maximum Gasteiger partial charge on any atom is 0.162 e. The molecular formula is C9H8Cl2N2O. The Balaban J connectivity index is 0.000000845. The van der Waals surface area contributed by atoms with E-state index in [1.165, 1.54) is 0 Å². The van der Waals surface area contributed by atoms with Crippen LogP contribution < -0.4 is 10.3 Å². The summed E-state index contributed by atoms with van der Waals surface area (Å²) in [5.74, 6) is 0.747. The van der Waals surface area contributed by atoms with Crippen molar-refractivity contribution in [1.29, 1.82) is 5.26 Å². The van der Waals surface area contributed by atoms with Crippen LogP contribution in [-0.4, -0.2) is 0 Å². The molecule has 0 aromatic heterocycles. The molecule has 0 saturated heterocycles. The van der Waals surface area contributed by atoms with Crippen molar-refractivity contribution < 1.29 is 4.84 Å². The second kappa shape index (κ2) is 5.38. The number of para-hydroxylation sites is 1. The van der Waals surface area contributed by atoms with E-state index in [4.69, 9.17) is 10.1 Å². The summed E-state index contributed by atoms with van der Waals surface area (Å²) in [5.41, 5.74) is 3.87. The lowest BCUT2D eigenvalue weighted by molar-refractivity contribution is 0.230. The highest BCUT2D eigenvalue weighted by Crippen LogP contribution is 2.22. The summed E-state index contributed by atoms with van der Waals surface area (Å²) in [7, 11) is 0. The van der Waals surface area contributed by atoms with Gasteiger partial charge in [0.05, 0.1) is 0 Å². The molecule has 1 aromatic carbocycles. The molecular weight excluding hydrogens is 223 g/mol. The van der Waals surface area contributed by atoms with Crippen LogP contribution in [0.5, 0.6) is 5.75 Å². The number of hydrogen-bond donors (Lipinski definition) is 1. The van der Waals surface area contributed by atoms with E-state index in [0.29, 0.717) is 5.70 Å². The number of hydrogen-bond acceptors (Lipinski definition) is 3. The largest absolute Gasteiger partial charge is 0.381 e. The summed E-state index contributed by atoms with van der Waals surface area (Å²) in [6, 6.07) is 9.49. The average molecular weight is 231 g/mol. The standard InChI is InChI=1S/C9H6N2O.2ClH/c10-6-8-5-7-3-1-2-4-9(7)12-11-8;;/h1-5,11H;2*1H. The number of hydroxylamine groups is 1. The van der Waals surface area contributed by atoms with Crippen molar-refractivity contribution >= 4 is 30.9 Å². The van der Waals surface area contributed by atoms with Crippen LogP contribution in [0.2, 0.25) is 0 Å². The number of nitriles is 1. The minimum Gasteiger partial charge on any atom is -0.381 e. The highest BCUT2D eigenvalue weighted by atomic mass is 35.5. The van der Waals surface area contributed by atoms with Crippen LogP contribution in [-0.2, 0) is 0 Å². The van der Waals surface area contributed by atoms with E-state index in [-0.39, 0.29) is 24.8 Å². The highest BCUT2D eigenvalue weighted by Gasteiger charge is 2.08. The molecule has 0 saturated carbocycles. The monoisotopic (exact) mass is 230 g/mol. The maximum atomic E-state index is 8.56. The summed E-state index contributed by atoms with van der Waals surface area (Å²) in [6.07, 6.45) is 1.75. The Morgan fingerprint density at radius 1 is 1.21 bits per heavy atom. The Labute approximate surface area is 94.1 Å². The van der Waals surface area contributed by atoms with Crippen LogP contribution >= 0.6 is 24.8 Å². The molecule has 0 fully saturated rings. The molecule has 0 bridgehead atoms. The first kappa shape index (κ1) is 12.6. The average Bonchev–Trinajstić information content (AvgIpc) is 2.17. The summed E-state index contributed by atoms with van der Waals surface area (Å²) < 4.78 is 0. The Bertz CT molecular complexity index is 385. The molecule has 1 aliphatic heterocycles. The third-order valence-electron chi connectivity index (χ3n) is 1.61. The predicted molar refractivity (Wildman–Crippen MR) is 58.3 cm³/mol. The SMILES string of the molecule is Cl.Cl.N#CC1=Cc2ccccc2ON1.